The van der Waals surface area contributed by atoms with Gasteiger partial charge >= 0.3 is 0 Å². The van der Waals surface area contributed by atoms with E-state index in [-0.39, 0.29) is 39.2 Å². The summed E-state index contributed by atoms with van der Waals surface area (Å²) in [7, 11) is 0. The third-order valence-electron chi connectivity index (χ3n) is 17.7. The number of rotatable bonds is 7. The van der Waals surface area contributed by atoms with Crippen LogP contribution in [0, 0.1) is 0 Å². The van der Waals surface area contributed by atoms with Crippen LogP contribution in [0.3, 0.4) is 0 Å². The Hall–Kier alpha value is -7.54. The monoisotopic (exact) mass is 1120 g/mol. The molecule has 10 aromatic rings. The number of anilines is 9. The molecule has 0 atom stereocenters. The largest absolute Gasteiger partial charge is 0.458 e. The van der Waals surface area contributed by atoms with Crippen LogP contribution in [0.1, 0.15) is 158 Å². The van der Waals surface area contributed by atoms with E-state index in [0.29, 0.717) is 0 Å². The molecule has 0 radical (unpaired) electrons. The number of benzene rings is 9. The van der Waals surface area contributed by atoms with Gasteiger partial charge in [-0.15, -0.1) is 11.3 Å². The molecule has 84 heavy (non-hydrogen) atoms. The van der Waals surface area contributed by atoms with Crippen molar-refractivity contribution in [3.8, 4) is 11.5 Å². The molecule has 2 aliphatic rings. The van der Waals surface area contributed by atoms with Gasteiger partial charge in [-0.1, -0.05) is 216 Å². The van der Waals surface area contributed by atoms with Gasteiger partial charge in [0, 0.05) is 55.7 Å². The predicted molar refractivity (Wildman–Crippen MR) is 367 cm³/mol. The smallest absolute Gasteiger partial charge is 0.256 e. The van der Waals surface area contributed by atoms with Crippen LogP contribution in [-0.2, 0) is 32.5 Å². The van der Waals surface area contributed by atoms with Gasteiger partial charge in [0.15, 0.2) is 0 Å². The summed E-state index contributed by atoms with van der Waals surface area (Å²) in [6.45, 7) is 41.4. The van der Waals surface area contributed by atoms with Gasteiger partial charge in [-0.25, -0.2) is 0 Å². The lowest BCUT2D eigenvalue weighted by Crippen LogP contribution is -2.60. The summed E-state index contributed by atoms with van der Waals surface area (Å²) in [6, 6.07) is 69.9. The highest BCUT2D eigenvalue weighted by atomic mass is 32.1. The fourth-order valence-electron chi connectivity index (χ4n) is 12.5. The molecule has 0 spiro atoms. The summed E-state index contributed by atoms with van der Waals surface area (Å²) in [5, 5.41) is 2.45. The second-order valence-corrected chi connectivity index (χ2v) is 31.1. The summed E-state index contributed by atoms with van der Waals surface area (Å²) < 4.78 is 9.94. The maximum absolute atomic E-state index is 7.47. The normalized spacial score (nSPS) is 13.6. The Morgan fingerprint density at radius 1 is 0.357 bits per heavy atom. The Bertz CT molecular complexity index is 4030. The van der Waals surface area contributed by atoms with Crippen molar-refractivity contribution in [1.29, 1.82) is 0 Å². The highest BCUT2D eigenvalue weighted by Gasteiger charge is 2.44. The van der Waals surface area contributed by atoms with E-state index in [2.05, 4.69) is 321 Å². The number of hydrogen-bond donors (Lipinski definition) is 0. The molecule has 0 N–H and O–H groups in total. The van der Waals surface area contributed by atoms with Gasteiger partial charge in [-0.2, -0.15) is 0 Å². The fraction of sp³-hybridized carbons (Fsp3) is 0.308. The average molecular weight is 1120 g/mol. The molecule has 12 rings (SSSR count). The molecule has 1 aromatic heterocycles. The van der Waals surface area contributed by atoms with Gasteiger partial charge < -0.3 is 19.4 Å². The maximum atomic E-state index is 7.47. The predicted octanol–water partition coefficient (Wildman–Crippen LogP) is 21.2. The number of thiophene rings is 1. The standard InChI is InChI=1S/C78H84BN3OS/c1-73(2,3)49-23-33-55(34-24-49)80(56-35-25-50(26-36-56)74(4,5)6)59-47-66-71-68(48-59)83-67-44-32-54(78(16,17)18)46-62(67)79(71)61-45-53(77(13,14)15)31-41-63(61)82(66)64-42-43-65(72-70(64)60-21-19-20-22-69(60)84-72)81(57-37-27-51(28-38-57)75(7,8)9)58-39-29-52(30-40-58)76(10,11)12/h19-48H,1-18H3. The van der Waals surface area contributed by atoms with Crippen LogP contribution in [0.25, 0.3) is 20.2 Å². The van der Waals surface area contributed by atoms with Crippen molar-refractivity contribution in [1.82, 2.24) is 0 Å². The average Bonchev–Trinajstić information content (AvgIpc) is 1.05. The lowest BCUT2D eigenvalue weighted by atomic mass is 9.33. The van der Waals surface area contributed by atoms with Crippen LogP contribution in [0.5, 0.6) is 11.5 Å². The minimum atomic E-state index is -0.106. The highest BCUT2D eigenvalue weighted by Crippen LogP contribution is 2.54. The van der Waals surface area contributed by atoms with E-state index in [0.717, 1.165) is 57.0 Å². The molecule has 0 aliphatic carbocycles. The van der Waals surface area contributed by atoms with Crippen molar-refractivity contribution in [3.63, 3.8) is 0 Å². The van der Waals surface area contributed by atoms with Crippen molar-refractivity contribution in [3.05, 3.63) is 215 Å². The van der Waals surface area contributed by atoms with Crippen molar-refractivity contribution in [2.24, 2.45) is 0 Å². The van der Waals surface area contributed by atoms with E-state index in [4.69, 9.17) is 4.74 Å². The van der Waals surface area contributed by atoms with E-state index >= 15 is 0 Å². The van der Waals surface area contributed by atoms with Gasteiger partial charge in [0.25, 0.3) is 6.71 Å². The molecular formula is C78H84BN3OS. The molecule has 0 saturated carbocycles. The SMILES string of the molecule is CC(C)(C)c1ccc(N(c2ccc(C(C)(C)C)cc2)c2cc3c4c(c2)N(c2ccc(N(c5ccc(C(C)(C)C)cc5)c5ccc(C(C)(C)C)cc5)c5sc6ccccc6c25)c2ccc(C(C)(C)C)cc2B4c2cc(C(C)(C)C)ccc2O3)cc1. The van der Waals surface area contributed by atoms with Crippen molar-refractivity contribution < 1.29 is 4.74 Å². The van der Waals surface area contributed by atoms with Gasteiger partial charge in [-0.05, 0) is 167 Å². The topological polar surface area (TPSA) is 19.0 Å². The third kappa shape index (κ3) is 10.2. The first-order chi connectivity index (χ1) is 39.4. The number of ether oxygens (including phenoxy) is 1. The molecule has 4 nitrogen and oxygen atoms in total. The Kier molecular flexibility index (Phi) is 13.6. The van der Waals surface area contributed by atoms with E-state index in [1.165, 1.54) is 75.6 Å². The Labute approximate surface area is 506 Å². The van der Waals surface area contributed by atoms with Gasteiger partial charge in [0.2, 0.25) is 0 Å². The van der Waals surface area contributed by atoms with Crippen molar-refractivity contribution in [2.45, 2.75) is 157 Å². The van der Waals surface area contributed by atoms with Crippen molar-refractivity contribution in [2.75, 3.05) is 14.7 Å². The Balaban J connectivity index is 1.17. The maximum Gasteiger partial charge on any atom is 0.256 e. The Morgan fingerprint density at radius 3 is 1.25 bits per heavy atom. The van der Waals surface area contributed by atoms with Crippen molar-refractivity contribution >= 4 is 106 Å². The van der Waals surface area contributed by atoms with E-state index < -0.39 is 0 Å². The van der Waals surface area contributed by atoms with E-state index in [1.54, 1.807) is 0 Å². The van der Waals surface area contributed by atoms with Gasteiger partial charge in [-0.3, -0.25) is 0 Å². The van der Waals surface area contributed by atoms with Crippen LogP contribution < -0.4 is 35.8 Å². The first-order valence-electron chi connectivity index (χ1n) is 30.3. The second kappa shape index (κ2) is 20.1. The third-order valence-corrected chi connectivity index (χ3v) is 18.9. The molecule has 2 aliphatic heterocycles. The molecule has 426 valence electrons. The Morgan fingerprint density at radius 2 is 0.774 bits per heavy atom. The minimum absolute atomic E-state index is 0.00490. The molecule has 9 aromatic carbocycles. The molecule has 0 amide bonds. The van der Waals surface area contributed by atoms with Crippen LogP contribution >= 0.6 is 11.3 Å². The highest BCUT2D eigenvalue weighted by molar-refractivity contribution is 7.26. The minimum Gasteiger partial charge on any atom is -0.458 e. The summed E-state index contributed by atoms with van der Waals surface area (Å²) >= 11 is 1.89. The molecule has 0 bridgehead atoms. The number of fused-ring (bicyclic) bond motifs is 7. The first-order valence-corrected chi connectivity index (χ1v) is 31.2. The van der Waals surface area contributed by atoms with Gasteiger partial charge in [0.1, 0.15) is 11.5 Å². The van der Waals surface area contributed by atoms with Crippen LogP contribution in [0.15, 0.2) is 182 Å². The van der Waals surface area contributed by atoms with Crippen LogP contribution in [0.2, 0.25) is 0 Å². The molecule has 0 unspecified atom stereocenters. The lowest BCUT2D eigenvalue weighted by molar-refractivity contribution is 0.486. The molecular weight excluding hydrogens is 1040 g/mol. The lowest BCUT2D eigenvalue weighted by Gasteiger charge is -2.42. The molecule has 0 saturated heterocycles. The zero-order valence-electron chi connectivity index (χ0n) is 53.1. The number of hydrogen-bond acceptors (Lipinski definition) is 5. The summed E-state index contributed by atoms with van der Waals surface area (Å²) in [5.41, 5.74) is 21.3. The summed E-state index contributed by atoms with van der Waals surface area (Å²) in [4.78, 5) is 7.54. The van der Waals surface area contributed by atoms with Crippen LogP contribution in [0.4, 0.5) is 51.2 Å². The fourth-order valence-corrected chi connectivity index (χ4v) is 13.8. The first kappa shape index (κ1) is 56.9. The molecule has 3 heterocycles. The quantitative estimate of drug-likeness (QED) is 0.148. The van der Waals surface area contributed by atoms with E-state index in [1.807, 2.05) is 11.3 Å². The van der Waals surface area contributed by atoms with E-state index in [9.17, 15) is 0 Å². The molecule has 6 heteroatoms. The zero-order valence-corrected chi connectivity index (χ0v) is 53.9. The number of nitrogens with zero attached hydrogens (tertiary/aromatic N) is 3. The van der Waals surface area contributed by atoms with Gasteiger partial charge in [0.05, 0.1) is 21.8 Å². The zero-order chi connectivity index (χ0) is 59.8. The summed E-state index contributed by atoms with van der Waals surface area (Å²) in [5.74, 6) is 1.77. The second-order valence-electron chi connectivity index (χ2n) is 30.0. The summed E-state index contributed by atoms with van der Waals surface area (Å²) in [6.07, 6.45) is 0. The van der Waals surface area contributed by atoms with Crippen LogP contribution in [-0.4, -0.2) is 6.71 Å². The molecule has 0 fully saturated rings.